The smallest absolute Gasteiger partial charge is 0.0483 e. The van der Waals surface area contributed by atoms with Crippen molar-refractivity contribution in [2.45, 2.75) is 20.4 Å². The van der Waals surface area contributed by atoms with Gasteiger partial charge in [-0.1, -0.05) is 25.1 Å². The fourth-order valence-corrected chi connectivity index (χ4v) is 3.35. The van der Waals surface area contributed by atoms with E-state index in [0.717, 1.165) is 19.0 Å². The van der Waals surface area contributed by atoms with Crippen LogP contribution in [0.3, 0.4) is 0 Å². The highest BCUT2D eigenvalue weighted by Crippen LogP contribution is 2.24. The molecule has 2 rings (SSSR count). The molecule has 3 heteroatoms. The van der Waals surface area contributed by atoms with Crippen molar-refractivity contribution in [1.29, 1.82) is 0 Å². The molecular formula is C16H24N2S. The van der Waals surface area contributed by atoms with Crippen LogP contribution < -0.4 is 5.32 Å². The van der Waals surface area contributed by atoms with Crippen LogP contribution in [0, 0.1) is 12.8 Å². The van der Waals surface area contributed by atoms with Gasteiger partial charge in [0.25, 0.3) is 0 Å². The zero-order valence-electron chi connectivity index (χ0n) is 12.4. The second-order valence-corrected chi connectivity index (χ2v) is 6.25. The Labute approximate surface area is 120 Å². The summed E-state index contributed by atoms with van der Waals surface area (Å²) in [4.78, 5) is 0. The molecule has 1 aromatic heterocycles. The summed E-state index contributed by atoms with van der Waals surface area (Å²) in [6, 6.07) is 8.64. The van der Waals surface area contributed by atoms with Gasteiger partial charge in [-0.15, -0.1) is 0 Å². The molecule has 1 unspecified atom stereocenters. The van der Waals surface area contributed by atoms with Crippen molar-refractivity contribution in [2.75, 3.05) is 18.6 Å². The molecule has 1 N–H and O–H groups in total. The van der Waals surface area contributed by atoms with Gasteiger partial charge in [0.05, 0.1) is 0 Å². The zero-order valence-corrected chi connectivity index (χ0v) is 13.2. The number of para-hydroxylation sites is 1. The van der Waals surface area contributed by atoms with Crippen LogP contribution in [0.2, 0.25) is 0 Å². The normalized spacial score (nSPS) is 13.1. The van der Waals surface area contributed by atoms with E-state index in [1.165, 1.54) is 27.9 Å². The predicted molar refractivity (Wildman–Crippen MR) is 86.9 cm³/mol. The monoisotopic (exact) mass is 276 g/mol. The van der Waals surface area contributed by atoms with Crippen LogP contribution in [0.25, 0.3) is 10.9 Å². The molecule has 0 bridgehead atoms. The quantitative estimate of drug-likeness (QED) is 0.868. The molecule has 0 aliphatic carbocycles. The second-order valence-electron chi connectivity index (χ2n) is 5.34. The highest BCUT2D eigenvalue weighted by Gasteiger charge is 2.10. The molecule has 104 valence electrons. The number of benzene rings is 1. The highest BCUT2D eigenvalue weighted by molar-refractivity contribution is 7.98. The van der Waals surface area contributed by atoms with Crippen LogP contribution in [0.4, 0.5) is 0 Å². The van der Waals surface area contributed by atoms with Crippen molar-refractivity contribution in [3.05, 3.63) is 35.5 Å². The van der Waals surface area contributed by atoms with E-state index in [9.17, 15) is 0 Å². The maximum atomic E-state index is 3.59. The maximum absolute atomic E-state index is 3.59. The Morgan fingerprint density at radius 1 is 1.32 bits per heavy atom. The summed E-state index contributed by atoms with van der Waals surface area (Å²) in [5, 5.41) is 4.97. The number of fused-ring (bicyclic) bond motifs is 1. The number of thioether (sulfide) groups is 1. The molecule has 1 atom stereocenters. The van der Waals surface area contributed by atoms with Crippen molar-refractivity contribution in [1.82, 2.24) is 9.88 Å². The zero-order chi connectivity index (χ0) is 13.8. The molecule has 0 radical (unpaired) electrons. The average molecular weight is 276 g/mol. The largest absolute Gasteiger partial charge is 0.346 e. The molecular weight excluding hydrogens is 252 g/mol. The standard InChI is InChI=1S/C16H24N2S/c1-12(11-19-4)9-17-10-16-13(2)14-7-5-6-8-15(14)18(16)3/h5-8,12,17H,9-11H2,1-4H3. The first-order valence-electron chi connectivity index (χ1n) is 6.87. The van der Waals surface area contributed by atoms with Crippen LogP contribution in [-0.4, -0.2) is 23.1 Å². The average Bonchev–Trinajstić information content (AvgIpc) is 2.65. The highest BCUT2D eigenvalue weighted by atomic mass is 32.2. The number of hydrogen-bond donors (Lipinski definition) is 1. The minimum absolute atomic E-state index is 0.727. The molecule has 0 saturated carbocycles. The number of nitrogens with zero attached hydrogens (tertiary/aromatic N) is 1. The first-order chi connectivity index (χ1) is 9.15. The molecule has 2 nitrogen and oxygen atoms in total. The number of rotatable bonds is 6. The molecule has 0 fully saturated rings. The Bertz CT molecular complexity index is 506. The number of hydrogen-bond acceptors (Lipinski definition) is 2. The lowest BCUT2D eigenvalue weighted by Gasteiger charge is -2.12. The van der Waals surface area contributed by atoms with Crippen LogP contribution in [0.15, 0.2) is 24.3 Å². The molecule has 0 aliphatic rings. The van der Waals surface area contributed by atoms with Gasteiger partial charge in [0, 0.05) is 30.2 Å². The first kappa shape index (κ1) is 14.5. The van der Waals surface area contributed by atoms with E-state index < -0.39 is 0 Å². The van der Waals surface area contributed by atoms with Gasteiger partial charge in [-0.25, -0.2) is 0 Å². The minimum Gasteiger partial charge on any atom is -0.346 e. The van der Waals surface area contributed by atoms with E-state index in [1.54, 1.807) is 0 Å². The Morgan fingerprint density at radius 3 is 2.74 bits per heavy atom. The first-order valence-corrected chi connectivity index (χ1v) is 8.27. The Hall–Kier alpha value is -0.930. The van der Waals surface area contributed by atoms with Crippen molar-refractivity contribution >= 4 is 22.7 Å². The van der Waals surface area contributed by atoms with E-state index in [0.29, 0.717) is 0 Å². The summed E-state index contributed by atoms with van der Waals surface area (Å²) in [6.07, 6.45) is 2.17. The fraction of sp³-hybridized carbons (Fsp3) is 0.500. The lowest BCUT2D eigenvalue weighted by molar-refractivity contribution is 0.548. The van der Waals surface area contributed by atoms with Gasteiger partial charge in [-0.3, -0.25) is 0 Å². The van der Waals surface area contributed by atoms with Gasteiger partial charge in [-0.05, 0) is 43.0 Å². The second kappa shape index (κ2) is 6.49. The third kappa shape index (κ3) is 3.15. The van der Waals surface area contributed by atoms with Crippen LogP contribution in [0.1, 0.15) is 18.2 Å². The molecule has 0 saturated heterocycles. The number of nitrogens with one attached hydrogen (secondary N) is 1. The van der Waals surface area contributed by atoms with Gasteiger partial charge < -0.3 is 9.88 Å². The van der Waals surface area contributed by atoms with Gasteiger partial charge in [0.15, 0.2) is 0 Å². The van der Waals surface area contributed by atoms with Crippen molar-refractivity contribution < 1.29 is 0 Å². The maximum Gasteiger partial charge on any atom is 0.0483 e. The van der Waals surface area contributed by atoms with E-state index >= 15 is 0 Å². The van der Waals surface area contributed by atoms with Gasteiger partial charge in [-0.2, -0.15) is 11.8 Å². The predicted octanol–water partition coefficient (Wildman–Crippen LogP) is 3.58. The summed E-state index contributed by atoms with van der Waals surface area (Å²) in [5.74, 6) is 1.95. The number of aryl methyl sites for hydroxylation is 2. The van der Waals surface area contributed by atoms with Gasteiger partial charge >= 0.3 is 0 Å². The van der Waals surface area contributed by atoms with Crippen molar-refractivity contribution in [2.24, 2.45) is 13.0 Å². The Morgan fingerprint density at radius 2 is 2.05 bits per heavy atom. The molecule has 1 aromatic carbocycles. The lowest BCUT2D eigenvalue weighted by Crippen LogP contribution is -2.23. The van der Waals surface area contributed by atoms with Crippen LogP contribution in [0.5, 0.6) is 0 Å². The molecule has 2 aromatic rings. The molecule has 19 heavy (non-hydrogen) atoms. The van der Waals surface area contributed by atoms with E-state index in [1.807, 2.05) is 11.8 Å². The molecule has 0 amide bonds. The lowest BCUT2D eigenvalue weighted by atomic mass is 10.1. The summed E-state index contributed by atoms with van der Waals surface area (Å²) in [5.41, 5.74) is 4.13. The van der Waals surface area contributed by atoms with Gasteiger partial charge in [0.1, 0.15) is 0 Å². The molecule has 1 heterocycles. The fourth-order valence-electron chi connectivity index (χ4n) is 2.67. The summed E-state index contributed by atoms with van der Waals surface area (Å²) in [7, 11) is 2.16. The topological polar surface area (TPSA) is 17.0 Å². The third-order valence-corrected chi connectivity index (χ3v) is 4.65. The molecule has 0 spiro atoms. The van der Waals surface area contributed by atoms with Gasteiger partial charge in [0.2, 0.25) is 0 Å². The van der Waals surface area contributed by atoms with E-state index in [2.05, 4.69) is 61.3 Å². The number of aromatic nitrogens is 1. The third-order valence-electron chi connectivity index (χ3n) is 3.74. The van der Waals surface area contributed by atoms with Crippen molar-refractivity contribution in [3.8, 4) is 0 Å². The van der Waals surface area contributed by atoms with Crippen LogP contribution in [-0.2, 0) is 13.6 Å². The Balaban J connectivity index is 2.09. The van der Waals surface area contributed by atoms with Crippen LogP contribution >= 0.6 is 11.8 Å². The summed E-state index contributed by atoms with van der Waals surface area (Å²) < 4.78 is 2.32. The van der Waals surface area contributed by atoms with E-state index in [4.69, 9.17) is 0 Å². The van der Waals surface area contributed by atoms with Crippen molar-refractivity contribution in [3.63, 3.8) is 0 Å². The Kier molecular flexibility index (Phi) is 4.94. The SMILES string of the molecule is CSCC(C)CNCc1c(C)c2ccccc2n1C. The molecule has 0 aliphatic heterocycles. The summed E-state index contributed by atoms with van der Waals surface area (Å²) >= 11 is 1.92. The van der Waals surface area contributed by atoms with E-state index in [-0.39, 0.29) is 0 Å². The summed E-state index contributed by atoms with van der Waals surface area (Å²) in [6.45, 7) is 6.57. The minimum atomic E-state index is 0.727.